The van der Waals surface area contributed by atoms with Crippen molar-refractivity contribution in [2.24, 2.45) is 0 Å². The van der Waals surface area contributed by atoms with E-state index in [1.165, 1.54) is 10.4 Å². The van der Waals surface area contributed by atoms with E-state index in [1.807, 2.05) is 32.0 Å². The molecule has 0 N–H and O–H groups in total. The zero-order valence-corrected chi connectivity index (χ0v) is 14.2. The number of hydrogen-bond donors (Lipinski definition) is 0. The van der Waals surface area contributed by atoms with Crippen LogP contribution in [0.25, 0.3) is 0 Å². The highest BCUT2D eigenvalue weighted by Crippen LogP contribution is 2.35. The Labute approximate surface area is 136 Å². The van der Waals surface area contributed by atoms with E-state index >= 15 is 0 Å². The highest BCUT2D eigenvalue weighted by atomic mass is 32.2. The molecule has 0 spiro atoms. The Morgan fingerprint density at radius 2 is 1.57 bits per heavy atom. The first-order chi connectivity index (χ1) is 10.9. The number of sulfonamides is 1. The van der Waals surface area contributed by atoms with Gasteiger partial charge < -0.3 is 9.47 Å². The van der Waals surface area contributed by atoms with Crippen molar-refractivity contribution in [3.8, 4) is 11.5 Å². The topological polar surface area (TPSA) is 55.8 Å². The molecule has 5 nitrogen and oxygen atoms in total. The molecule has 0 radical (unpaired) electrons. The van der Waals surface area contributed by atoms with Crippen molar-refractivity contribution in [3.63, 3.8) is 0 Å². The van der Waals surface area contributed by atoms with Gasteiger partial charge in [-0.2, -0.15) is 0 Å². The maximum absolute atomic E-state index is 13.0. The Bertz CT molecular complexity index is 825. The van der Waals surface area contributed by atoms with Crippen molar-refractivity contribution in [1.29, 1.82) is 0 Å². The fraction of sp³-hybridized carbons (Fsp3) is 0.294. The number of hydrogen-bond acceptors (Lipinski definition) is 4. The Morgan fingerprint density at radius 1 is 0.957 bits per heavy atom. The van der Waals surface area contributed by atoms with Crippen LogP contribution < -0.4 is 13.8 Å². The van der Waals surface area contributed by atoms with Crippen molar-refractivity contribution in [3.05, 3.63) is 47.5 Å². The number of rotatable bonds is 3. The van der Waals surface area contributed by atoms with Crippen molar-refractivity contribution in [1.82, 2.24) is 0 Å². The molecular formula is C17H19NO4S. The fourth-order valence-electron chi connectivity index (χ4n) is 2.76. The van der Waals surface area contributed by atoms with E-state index in [0.29, 0.717) is 30.4 Å². The predicted molar refractivity (Wildman–Crippen MR) is 88.9 cm³/mol. The van der Waals surface area contributed by atoms with Gasteiger partial charge in [-0.05, 0) is 37.1 Å². The highest BCUT2D eigenvalue weighted by molar-refractivity contribution is 7.92. The molecule has 6 heteroatoms. The molecule has 0 amide bonds. The van der Waals surface area contributed by atoms with Crippen LogP contribution in [-0.4, -0.2) is 28.7 Å². The molecule has 0 unspecified atom stereocenters. The summed E-state index contributed by atoms with van der Waals surface area (Å²) in [5, 5.41) is 0. The first kappa shape index (κ1) is 15.7. The number of para-hydroxylation sites is 1. The van der Waals surface area contributed by atoms with Crippen LogP contribution in [0.4, 0.5) is 5.69 Å². The van der Waals surface area contributed by atoms with Gasteiger partial charge >= 0.3 is 0 Å². The molecule has 2 aromatic rings. The van der Waals surface area contributed by atoms with Crippen LogP contribution in [0.5, 0.6) is 11.5 Å². The second-order valence-electron chi connectivity index (χ2n) is 5.52. The molecule has 0 fully saturated rings. The zero-order chi connectivity index (χ0) is 16.6. The van der Waals surface area contributed by atoms with E-state index in [9.17, 15) is 8.42 Å². The number of fused-ring (bicyclic) bond motifs is 1. The minimum Gasteiger partial charge on any atom is -0.486 e. The van der Waals surface area contributed by atoms with E-state index in [0.717, 1.165) is 11.1 Å². The summed E-state index contributed by atoms with van der Waals surface area (Å²) in [4.78, 5) is 0.187. The summed E-state index contributed by atoms with van der Waals surface area (Å²) in [5.41, 5.74) is 2.52. The third kappa shape index (κ3) is 2.74. The van der Waals surface area contributed by atoms with Gasteiger partial charge in [0.25, 0.3) is 10.0 Å². The maximum atomic E-state index is 13.0. The number of anilines is 1. The molecule has 0 saturated heterocycles. The summed E-state index contributed by atoms with van der Waals surface area (Å²) in [5.74, 6) is 1.04. The first-order valence-electron chi connectivity index (χ1n) is 7.36. The summed E-state index contributed by atoms with van der Waals surface area (Å²) in [6.07, 6.45) is 0. The van der Waals surface area contributed by atoms with Crippen LogP contribution in [0.1, 0.15) is 11.1 Å². The molecular weight excluding hydrogens is 314 g/mol. The van der Waals surface area contributed by atoms with E-state index < -0.39 is 10.0 Å². The molecule has 0 aromatic heterocycles. The molecule has 1 aliphatic rings. The number of benzene rings is 2. The SMILES string of the molecule is Cc1cccc(C)c1N(C)S(=O)(=O)c1ccc2c(c1)OCCO2. The lowest BCUT2D eigenvalue weighted by Crippen LogP contribution is -2.28. The van der Waals surface area contributed by atoms with Crippen LogP contribution in [0.15, 0.2) is 41.3 Å². The predicted octanol–water partition coefficient (Wildman–Crippen LogP) is 2.90. The third-order valence-electron chi connectivity index (χ3n) is 3.93. The normalized spacial score (nSPS) is 13.7. The summed E-state index contributed by atoms with van der Waals surface area (Å²) in [7, 11) is -2.10. The Balaban J connectivity index is 2.04. The van der Waals surface area contributed by atoms with Gasteiger partial charge in [-0.3, -0.25) is 4.31 Å². The lowest BCUT2D eigenvalue weighted by atomic mass is 10.1. The molecule has 1 aliphatic heterocycles. The summed E-state index contributed by atoms with van der Waals surface area (Å²) in [6, 6.07) is 10.4. The van der Waals surface area contributed by atoms with E-state index in [-0.39, 0.29) is 4.90 Å². The Morgan fingerprint density at radius 3 is 2.22 bits per heavy atom. The van der Waals surface area contributed by atoms with Crippen LogP contribution in [-0.2, 0) is 10.0 Å². The van der Waals surface area contributed by atoms with Crippen molar-refractivity contribution in [2.45, 2.75) is 18.7 Å². The first-order valence-corrected chi connectivity index (χ1v) is 8.80. The van der Waals surface area contributed by atoms with Gasteiger partial charge in [-0.1, -0.05) is 18.2 Å². The van der Waals surface area contributed by atoms with Crippen molar-refractivity contribution >= 4 is 15.7 Å². The molecule has 122 valence electrons. The van der Waals surface area contributed by atoms with Gasteiger partial charge in [0.2, 0.25) is 0 Å². The van der Waals surface area contributed by atoms with Gasteiger partial charge in [0.15, 0.2) is 11.5 Å². The summed E-state index contributed by atoms with van der Waals surface area (Å²) < 4.78 is 38.2. The molecule has 2 aromatic carbocycles. The lowest BCUT2D eigenvalue weighted by Gasteiger charge is -2.24. The highest BCUT2D eigenvalue weighted by Gasteiger charge is 2.25. The summed E-state index contributed by atoms with van der Waals surface area (Å²) >= 11 is 0. The van der Waals surface area contributed by atoms with Gasteiger partial charge in [0.1, 0.15) is 13.2 Å². The van der Waals surface area contributed by atoms with E-state index in [4.69, 9.17) is 9.47 Å². The quantitative estimate of drug-likeness (QED) is 0.867. The van der Waals surface area contributed by atoms with Gasteiger partial charge in [-0.25, -0.2) is 8.42 Å². The minimum atomic E-state index is -3.67. The van der Waals surface area contributed by atoms with E-state index in [2.05, 4.69) is 0 Å². The molecule has 3 rings (SSSR count). The van der Waals surface area contributed by atoms with Crippen LogP contribution in [0.3, 0.4) is 0 Å². The molecule has 1 heterocycles. The monoisotopic (exact) mass is 333 g/mol. The largest absolute Gasteiger partial charge is 0.486 e. The van der Waals surface area contributed by atoms with Gasteiger partial charge in [0, 0.05) is 13.1 Å². The van der Waals surface area contributed by atoms with E-state index in [1.54, 1.807) is 19.2 Å². The average Bonchev–Trinajstić information content (AvgIpc) is 2.54. The third-order valence-corrected chi connectivity index (χ3v) is 5.68. The van der Waals surface area contributed by atoms with Crippen LogP contribution in [0.2, 0.25) is 0 Å². The van der Waals surface area contributed by atoms with Gasteiger partial charge in [0.05, 0.1) is 10.6 Å². The van der Waals surface area contributed by atoms with Crippen LogP contribution in [0, 0.1) is 13.8 Å². The molecule has 0 saturated carbocycles. The second-order valence-corrected chi connectivity index (χ2v) is 7.49. The zero-order valence-electron chi connectivity index (χ0n) is 13.4. The lowest BCUT2D eigenvalue weighted by molar-refractivity contribution is 0.171. The second kappa shape index (κ2) is 5.77. The van der Waals surface area contributed by atoms with Crippen LogP contribution >= 0.6 is 0 Å². The van der Waals surface area contributed by atoms with Crippen molar-refractivity contribution in [2.75, 3.05) is 24.6 Å². The molecule has 0 aliphatic carbocycles. The Kier molecular flexibility index (Phi) is 3.93. The molecule has 23 heavy (non-hydrogen) atoms. The number of ether oxygens (including phenoxy) is 2. The minimum absolute atomic E-state index is 0.187. The smallest absolute Gasteiger partial charge is 0.264 e. The van der Waals surface area contributed by atoms with Crippen molar-refractivity contribution < 1.29 is 17.9 Å². The van der Waals surface area contributed by atoms with Gasteiger partial charge in [-0.15, -0.1) is 0 Å². The maximum Gasteiger partial charge on any atom is 0.264 e. The molecule has 0 atom stereocenters. The fourth-order valence-corrected chi connectivity index (χ4v) is 4.11. The standard InChI is InChI=1S/C17H19NO4S/c1-12-5-4-6-13(2)17(12)18(3)23(19,20)14-7-8-15-16(11-14)22-10-9-21-15/h4-8,11H,9-10H2,1-3H3. The number of aryl methyl sites for hydroxylation is 2. The molecule has 0 bridgehead atoms. The number of nitrogens with zero attached hydrogens (tertiary/aromatic N) is 1. The Hall–Kier alpha value is -2.21. The average molecular weight is 333 g/mol. The summed E-state index contributed by atoms with van der Waals surface area (Å²) in [6.45, 7) is 4.70.